The third-order valence-corrected chi connectivity index (χ3v) is 3.32. The van der Waals surface area contributed by atoms with Crippen molar-refractivity contribution >= 4 is 17.6 Å². The summed E-state index contributed by atoms with van der Waals surface area (Å²) in [7, 11) is 0. The van der Waals surface area contributed by atoms with Gasteiger partial charge in [0.2, 0.25) is 0 Å². The fourth-order valence-electron chi connectivity index (χ4n) is 1.62. The molecule has 1 atom stereocenters. The highest BCUT2D eigenvalue weighted by atomic mass is 32.2. The molecule has 5 heteroatoms. The van der Waals surface area contributed by atoms with Gasteiger partial charge in [-0.2, -0.15) is 11.8 Å². The first-order valence-electron chi connectivity index (χ1n) is 6.03. The van der Waals surface area contributed by atoms with E-state index in [4.69, 9.17) is 0 Å². The Morgan fingerprint density at radius 2 is 2.29 bits per heavy atom. The first-order valence-corrected chi connectivity index (χ1v) is 7.43. The van der Waals surface area contributed by atoms with Crippen LogP contribution in [0.15, 0.2) is 17.2 Å². The normalized spacial score (nSPS) is 12.4. The summed E-state index contributed by atoms with van der Waals surface area (Å²) in [6, 6.07) is 0.308. The van der Waals surface area contributed by atoms with Crippen LogP contribution in [0.4, 0.5) is 5.82 Å². The Labute approximate surface area is 107 Å². The summed E-state index contributed by atoms with van der Waals surface area (Å²) < 4.78 is 1.71. The largest absolute Gasteiger partial charge is 0.362 e. The monoisotopic (exact) mass is 255 g/mol. The van der Waals surface area contributed by atoms with Gasteiger partial charge >= 0.3 is 0 Å². The van der Waals surface area contributed by atoms with Gasteiger partial charge in [0.15, 0.2) is 5.82 Å². The van der Waals surface area contributed by atoms with E-state index in [2.05, 4.69) is 30.4 Å². The van der Waals surface area contributed by atoms with E-state index in [1.807, 2.05) is 0 Å². The SMILES string of the molecule is CCCn1ccnc(NC(CC)CSC)c1=O. The number of anilines is 1. The Bertz CT molecular complexity index is 392. The molecule has 1 aromatic rings. The summed E-state index contributed by atoms with van der Waals surface area (Å²) in [5, 5.41) is 3.23. The lowest BCUT2D eigenvalue weighted by atomic mass is 10.2. The molecule has 0 aliphatic heterocycles. The maximum Gasteiger partial charge on any atom is 0.293 e. The van der Waals surface area contributed by atoms with Crippen molar-refractivity contribution in [2.45, 2.75) is 39.3 Å². The van der Waals surface area contributed by atoms with Crippen molar-refractivity contribution in [1.29, 1.82) is 0 Å². The molecule has 17 heavy (non-hydrogen) atoms. The Morgan fingerprint density at radius 1 is 1.53 bits per heavy atom. The van der Waals surface area contributed by atoms with Crippen LogP contribution < -0.4 is 10.9 Å². The van der Waals surface area contributed by atoms with E-state index in [1.54, 1.807) is 28.7 Å². The summed E-state index contributed by atoms with van der Waals surface area (Å²) in [6.07, 6.45) is 7.44. The zero-order valence-electron chi connectivity index (χ0n) is 10.8. The summed E-state index contributed by atoms with van der Waals surface area (Å²) in [6.45, 7) is 4.92. The van der Waals surface area contributed by atoms with Crippen LogP contribution in [0, 0.1) is 0 Å². The third kappa shape index (κ3) is 4.07. The highest BCUT2D eigenvalue weighted by molar-refractivity contribution is 7.98. The third-order valence-electron chi connectivity index (χ3n) is 2.58. The number of hydrogen-bond donors (Lipinski definition) is 1. The van der Waals surface area contributed by atoms with E-state index in [0.717, 1.165) is 25.1 Å². The summed E-state index contributed by atoms with van der Waals surface area (Å²) >= 11 is 1.77. The Balaban J connectivity index is 2.83. The van der Waals surface area contributed by atoms with Crippen LogP contribution in [0.1, 0.15) is 26.7 Å². The molecule has 0 aromatic carbocycles. The number of thioether (sulfide) groups is 1. The highest BCUT2D eigenvalue weighted by Crippen LogP contribution is 2.06. The van der Waals surface area contributed by atoms with Crippen LogP contribution >= 0.6 is 11.8 Å². The maximum absolute atomic E-state index is 12.0. The molecule has 1 aromatic heterocycles. The smallest absolute Gasteiger partial charge is 0.293 e. The number of nitrogens with one attached hydrogen (secondary N) is 1. The van der Waals surface area contributed by atoms with Gasteiger partial charge in [0.1, 0.15) is 0 Å². The number of nitrogens with zero attached hydrogens (tertiary/aromatic N) is 2. The fraction of sp³-hybridized carbons (Fsp3) is 0.667. The molecule has 4 nitrogen and oxygen atoms in total. The van der Waals surface area contributed by atoms with E-state index in [0.29, 0.717) is 11.9 Å². The van der Waals surface area contributed by atoms with E-state index >= 15 is 0 Å². The fourth-order valence-corrected chi connectivity index (χ4v) is 2.34. The molecule has 0 saturated heterocycles. The summed E-state index contributed by atoms with van der Waals surface area (Å²) in [5.41, 5.74) is -0.0195. The van der Waals surface area contributed by atoms with Gasteiger partial charge in [0, 0.05) is 30.7 Å². The molecule has 0 amide bonds. The van der Waals surface area contributed by atoms with Crippen molar-refractivity contribution in [3.63, 3.8) is 0 Å². The Morgan fingerprint density at radius 3 is 2.88 bits per heavy atom. The molecule has 0 radical (unpaired) electrons. The van der Waals surface area contributed by atoms with E-state index in [9.17, 15) is 4.79 Å². The first kappa shape index (κ1) is 14.1. The highest BCUT2D eigenvalue weighted by Gasteiger charge is 2.09. The lowest BCUT2D eigenvalue weighted by molar-refractivity contribution is 0.646. The molecule has 1 unspecified atom stereocenters. The van der Waals surface area contributed by atoms with Gasteiger partial charge in [-0.1, -0.05) is 13.8 Å². The van der Waals surface area contributed by atoms with Gasteiger partial charge in [-0.25, -0.2) is 4.98 Å². The van der Waals surface area contributed by atoms with E-state index in [1.165, 1.54) is 0 Å². The van der Waals surface area contributed by atoms with Crippen molar-refractivity contribution in [2.75, 3.05) is 17.3 Å². The zero-order chi connectivity index (χ0) is 12.7. The molecule has 1 heterocycles. The molecule has 0 spiro atoms. The minimum Gasteiger partial charge on any atom is -0.362 e. The number of hydrogen-bond acceptors (Lipinski definition) is 4. The molecular weight excluding hydrogens is 234 g/mol. The maximum atomic E-state index is 12.0. The van der Waals surface area contributed by atoms with Crippen LogP contribution in [0.25, 0.3) is 0 Å². The Hall–Kier alpha value is -0.970. The average molecular weight is 255 g/mol. The molecular formula is C12H21N3OS. The number of aromatic nitrogens is 2. The molecule has 0 fully saturated rings. The number of rotatable bonds is 7. The van der Waals surface area contributed by atoms with Crippen molar-refractivity contribution in [3.05, 3.63) is 22.7 Å². The first-order chi connectivity index (χ1) is 8.22. The van der Waals surface area contributed by atoms with E-state index < -0.39 is 0 Å². The second-order valence-corrected chi connectivity index (χ2v) is 4.89. The van der Waals surface area contributed by atoms with Crippen molar-refractivity contribution in [3.8, 4) is 0 Å². The summed E-state index contributed by atoms with van der Waals surface area (Å²) in [5.74, 6) is 1.46. The summed E-state index contributed by atoms with van der Waals surface area (Å²) in [4.78, 5) is 16.2. The van der Waals surface area contributed by atoms with Crippen molar-refractivity contribution in [2.24, 2.45) is 0 Å². The molecule has 0 saturated carbocycles. The predicted molar refractivity (Wildman–Crippen MR) is 74.9 cm³/mol. The molecule has 0 aliphatic carbocycles. The molecule has 96 valence electrons. The van der Waals surface area contributed by atoms with E-state index in [-0.39, 0.29) is 5.56 Å². The molecule has 1 N–H and O–H groups in total. The second kappa shape index (κ2) is 7.37. The predicted octanol–water partition coefficient (Wildman–Crippen LogP) is 2.21. The van der Waals surface area contributed by atoms with Crippen LogP contribution in [-0.4, -0.2) is 27.6 Å². The van der Waals surface area contributed by atoms with Gasteiger partial charge in [-0.05, 0) is 19.1 Å². The topological polar surface area (TPSA) is 46.9 Å². The van der Waals surface area contributed by atoms with Gasteiger partial charge < -0.3 is 9.88 Å². The lowest BCUT2D eigenvalue weighted by Gasteiger charge is -2.16. The van der Waals surface area contributed by atoms with Gasteiger partial charge in [-0.3, -0.25) is 4.79 Å². The van der Waals surface area contributed by atoms with Crippen LogP contribution in [0.2, 0.25) is 0 Å². The van der Waals surface area contributed by atoms with Gasteiger partial charge in [0.05, 0.1) is 0 Å². The molecule has 1 rings (SSSR count). The molecule has 0 aliphatic rings. The van der Waals surface area contributed by atoms with Crippen LogP contribution in [-0.2, 0) is 6.54 Å². The minimum atomic E-state index is -0.0195. The van der Waals surface area contributed by atoms with Gasteiger partial charge in [-0.15, -0.1) is 0 Å². The van der Waals surface area contributed by atoms with Crippen LogP contribution in [0.5, 0.6) is 0 Å². The molecule has 0 bridgehead atoms. The second-order valence-electron chi connectivity index (χ2n) is 3.98. The average Bonchev–Trinajstić information content (AvgIpc) is 2.33. The minimum absolute atomic E-state index is 0.0195. The quantitative estimate of drug-likeness (QED) is 0.811. The van der Waals surface area contributed by atoms with Gasteiger partial charge in [0.25, 0.3) is 5.56 Å². The zero-order valence-corrected chi connectivity index (χ0v) is 11.6. The lowest BCUT2D eigenvalue weighted by Crippen LogP contribution is -2.30. The Kier molecular flexibility index (Phi) is 6.11. The van der Waals surface area contributed by atoms with Crippen molar-refractivity contribution in [1.82, 2.24) is 9.55 Å². The van der Waals surface area contributed by atoms with Crippen LogP contribution in [0.3, 0.4) is 0 Å². The van der Waals surface area contributed by atoms with Crippen molar-refractivity contribution < 1.29 is 0 Å². The standard InChI is InChI=1S/C12H21N3OS/c1-4-7-15-8-6-13-11(12(15)16)14-10(5-2)9-17-3/h6,8,10H,4-5,7,9H2,1-3H3,(H,13,14). The number of aryl methyl sites for hydroxylation is 1.